The average Bonchev–Trinajstić information content (AvgIpc) is 3.49. The van der Waals surface area contributed by atoms with Gasteiger partial charge in [0, 0.05) is 70.6 Å². The minimum Gasteiger partial charge on any atom is -0.376 e. The van der Waals surface area contributed by atoms with Crippen molar-refractivity contribution < 1.29 is 22.7 Å². The largest absolute Gasteiger partial charge is 0.416 e. The van der Waals surface area contributed by atoms with Crippen LogP contribution >= 0.6 is 0 Å². The van der Waals surface area contributed by atoms with E-state index in [0.29, 0.717) is 43.7 Å². The lowest BCUT2D eigenvalue weighted by molar-refractivity contribution is -0.137. The van der Waals surface area contributed by atoms with Crippen molar-refractivity contribution in [1.82, 2.24) is 15.1 Å². The van der Waals surface area contributed by atoms with Crippen molar-refractivity contribution in [2.24, 2.45) is 5.92 Å². The number of piperidine rings is 1. The molecule has 2 aromatic rings. The standard InChI is InChI=1S/C31H41F3N4O2/c32-31(33,34)26-8-4-9-27(20-26)37-15-17-38(18-16-37)29-13-14-36(22-24-6-2-1-3-7-24)23-25(29)11-12-30(39)35-21-28-10-5-19-40-28/h1-4,6-9,20,25,28-29H,5,10-19,21-23H2,(H,35,39)/t25-,28-,29+/m0/s1. The third-order valence-corrected chi connectivity index (χ3v) is 8.64. The Morgan fingerprint density at radius 3 is 2.50 bits per heavy atom. The van der Waals surface area contributed by atoms with Crippen molar-refractivity contribution >= 4 is 11.6 Å². The predicted octanol–water partition coefficient (Wildman–Crippen LogP) is 4.79. The molecule has 40 heavy (non-hydrogen) atoms. The van der Waals surface area contributed by atoms with Gasteiger partial charge in [-0.05, 0) is 61.9 Å². The molecule has 3 heterocycles. The zero-order chi connectivity index (χ0) is 28.0. The highest BCUT2D eigenvalue weighted by Gasteiger charge is 2.36. The van der Waals surface area contributed by atoms with Crippen LogP contribution in [0.3, 0.4) is 0 Å². The van der Waals surface area contributed by atoms with Gasteiger partial charge in [0.1, 0.15) is 0 Å². The fraction of sp³-hybridized carbons (Fsp3) is 0.581. The molecule has 3 aliphatic heterocycles. The van der Waals surface area contributed by atoms with Crippen LogP contribution in [0.4, 0.5) is 18.9 Å². The van der Waals surface area contributed by atoms with Crippen LogP contribution in [0.25, 0.3) is 0 Å². The van der Waals surface area contributed by atoms with E-state index in [1.165, 1.54) is 17.7 Å². The van der Waals surface area contributed by atoms with Gasteiger partial charge in [0.2, 0.25) is 5.91 Å². The molecule has 3 aliphatic rings. The van der Waals surface area contributed by atoms with Gasteiger partial charge in [-0.1, -0.05) is 36.4 Å². The van der Waals surface area contributed by atoms with Crippen molar-refractivity contribution in [3.63, 3.8) is 0 Å². The van der Waals surface area contributed by atoms with Crippen LogP contribution in [0, 0.1) is 5.92 Å². The van der Waals surface area contributed by atoms with E-state index in [0.717, 1.165) is 71.1 Å². The molecule has 1 amide bonds. The molecule has 9 heteroatoms. The molecular weight excluding hydrogens is 517 g/mol. The lowest BCUT2D eigenvalue weighted by atomic mass is 9.86. The van der Waals surface area contributed by atoms with E-state index < -0.39 is 11.7 Å². The minimum absolute atomic E-state index is 0.0869. The summed E-state index contributed by atoms with van der Waals surface area (Å²) in [4.78, 5) is 19.8. The summed E-state index contributed by atoms with van der Waals surface area (Å²) in [6.45, 7) is 7.20. The van der Waals surface area contributed by atoms with E-state index in [2.05, 4.69) is 44.3 Å². The smallest absolute Gasteiger partial charge is 0.376 e. The van der Waals surface area contributed by atoms with E-state index in [9.17, 15) is 18.0 Å². The number of halogens is 3. The van der Waals surface area contributed by atoms with E-state index in [1.807, 2.05) is 6.07 Å². The van der Waals surface area contributed by atoms with Crippen LogP contribution in [-0.2, 0) is 22.3 Å². The fourth-order valence-electron chi connectivity index (χ4n) is 6.47. The Kier molecular flexibility index (Phi) is 9.65. The van der Waals surface area contributed by atoms with E-state index in [1.54, 1.807) is 6.07 Å². The van der Waals surface area contributed by atoms with Crippen molar-refractivity contribution in [2.45, 2.75) is 57.0 Å². The number of benzene rings is 2. The SMILES string of the molecule is O=C(CC[C@H]1CN(Cc2ccccc2)CC[C@H]1N1CCN(c2cccc(C(F)(F)F)c2)CC1)NC[C@@H]1CCCO1. The topological polar surface area (TPSA) is 48.1 Å². The van der Waals surface area contributed by atoms with Gasteiger partial charge in [-0.25, -0.2) is 0 Å². The number of nitrogens with zero attached hydrogens (tertiary/aromatic N) is 3. The maximum atomic E-state index is 13.2. The zero-order valence-corrected chi connectivity index (χ0v) is 23.1. The highest BCUT2D eigenvalue weighted by molar-refractivity contribution is 5.75. The lowest BCUT2D eigenvalue weighted by Crippen LogP contribution is -2.56. The second kappa shape index (κ2) is 13.4. The molecule has 0 spiro atoms. The molecule has 3 fully saturated rings. The molecule has 6 nitrogen and oxygen atoms in total. The molecule has 0 radical (unpaired) electrons. The number of hydrogen-bond donors (Lipinski definition) is 1. The summed E-state index contributed by atoms with van der Waals surface area (Å²) < 4.78 is 45.4. The van der Waals surface area contributed by atoms with Crippen molar-refractivity contribution in [1.29, 1.82) is 0 Å². The number of rotatable bonds is 9. The molecule has 0 aromatic heterocycles. The van der Waals surface area contributed by atoms with Crippen molar-refractivity contribution in [3.05, 3.63) is 65.7 Å². The second-order valence-corrected chi connectivity index (χ2v) is 11.4. The second-order valence-electron chi connectivity index (χ2n) is 11.4. The maximum absolute atomic E-state index is 13.2. The number of ether oxygens (including phenoxy) is 1. The number of anilines is 1. The quantitative estimate of drug-likeness (QED) is 0.480. The first-order chi connectivity index (χ1) is 19.3. The molecular formula is C31H41F3N4O2. The monoisotopic (exact) mass is 558 g/mol. The number of alkyl halides is 3. The highest BCUT2D eigenvalue weighted by atomic mass is 19.4. The molecule has 0 bridgehead atoms. The Labute approximate surface area is 235 Å². The molecule has 5 rings (SSSR count). The Balaban J connectivity index is 1.19. The molecule has 218 valence electrons. The fourth-order valence-corrected chi connectivity index (χ4v) is 6.47. The van der Waals surface area contributed by atoms with Gasteiger partial charge >= 0.3 is 6.18 Å². The number of amides is 1. The minimum atomic E-state index is -4.34. The van der Waals surface area contributed by atoms with Crippen LogP contribution in [0.1, 0.15) is 43.2 Å². The van der Waals surface area contributed by atoms with Crippen LogP contribution in [0.15, 0.2) is 54.6 Å². The summed E-state index contributed by atoms with van der Waals surface area (Å²) in [5.74, 6) is 0.440. The number of likely N-dealkylation sites (tertiary alicyclic amines) is 1. The first-order valence-electron chi connectivity index (χ1n) is 14.7. The predicted molar refractivity (Wildman–Crippen MR) is 150 cm³/mol. The number of piperazine rings is 1. The van der Waals surface area contributed by atoms with Crippen LogP contribution in [0.5, 0.6) is 0 Å². The molecule has 0 unspecified atom stereocenters. The third kappa shape index (κ3) is 7.77. The Morgan fingerprint density at radius 1 is 0.975 bits per heavy atom. The number of carbonyl (C=O) groups is 1. The van der Waals surface area contributed by atoms with Gasteiger partial charge in [0.15, 0.2) is 0 Å². The summed E-state index contributed by atoms with van der Waals surface area (Å²) in [6.07, 6.45) is 0.210. The molecule has 3 atom stereocenters. The summed E-state index contributed by atoms with van der Waals surface area (Å²) in [5, 5.41) is 3.07. The van der Waals surface area contributed by atoms with Gasteiger partial charge < -0.3 is 15.0 Å². The molecule has 2 aromatic carbocycles. The molecule has 0 aliphatic carbocycles. The maximum Gasteiger partial charge on any atom is 0.416 e. The highest BCUT2D eigenvalue weighted by Crippen LogP contribution is 2.33. The molecule has 0 saturated carbocycles. The number of hydrogen-bond acceptors (Lipinski definition) is 5. The molecule has 1 N–H and O–H groups in total. The third-order valence-electron chi connectivity index (χ3n) is 8.64. The van der Waals surface area contributed by atoms with Crippen molar-refractivity contribution in [3.8, 4) is 0 Å². The van der Waals surface area contributed by atoms with E-state index >= 15 is 0 Å². The summed E-state index contributed by atoms with van der Waals surface area (Å²) in [7, 11) is 0. The van der Waals surface area contributed by atoms with E-state index in [-0.39, 0.29) is 12.0 Å². The summed E-state index contributed by atoms with van der Waals surface area (Å²) in [5.41, 5.74) is 1.33. The van der Waals surface area contributed by atoms with Gasteiger partial charge in [-0.15, -0.1) is 0 Å². The van der Waals surface area contributed by atoms with E-state index in [4.69, 9.17) is 4.74 Å². The average molecular weight is 559 g/mol. The molecule has 3 saturated heterocycles. The summed E-state index contributed by atoms with van der Waals surface area (Å²) >= 11 is 0. The Morgan fingerprint density at radius 2 is 1.77 bits per heavy atom. The number of nitrogens with one attached hydrogen (secondary N) is 1. The van der Waals surface area contributed by atoms with Crippen molar-refractivity contribution in [2.75, 3.05) is 57.3 Å². The lowest BCUT2D eigenvalue weighted by Gasteiger charge is -2.47. The Bertz CT molecular complexity index is 1090. The first-order valence-corrected chi connectivity index (χ1v) is 14.7. The van der Waals surface area contributed by atoms with Gasteiger partial charge in [-0.2, -0.15) is 13.2 Å². The first kappa shape index (κ1) is 28.9. The van der Waals surface area contributed by atoms with Gasteiger partial charge in [0.05, 0.1) is 11.7 Å². The summed E-state index contributed by atoms with van der Waals surface area (Å²) in [6, 6.07) is 16.5. The number of carbonyl (C=O) groups excluding carboxylic acids is 1. The zero-order valence-electron chi connectivity index (χ0n) is 23.1. The van der Waals surface area contributed by atoms with Crippen LogP contribution in [0.2, 0.25) is 0 Å². The Hall–Kier alpha value is -2.62. The van der Waals surface area contributed by atoms with Crippen LogP contribution in [-0.4, -0.2) is 80.3 Å². The van der Waals surface area contributed by atoms with Crippen LogP contribution < -0.4 is 10.2 Å². The normalized spacial score (nSPS) is 24.8. The van der Waals surface area contributed by atoms with Gasteiger partial charge in [0.25, 0.3) is 0 Å². The van der Waals surface area contributed by atoms with Gasteiger partial charge in [-0.3, -0.25) is 14.6 Å².